The Morgan fingerprint density at radius 3 is 2.82 bits per heavy atom. The Morgan fingerprint density at radius 1 is 1.82 bits per heavy atom. The highest BCUT2D eigenvalue weighted by molar-refractivity contribution is 9.10. The molecule has 11 heavy (non-hydrogen) atoms. The second kappa shape index (κ2) is 3.32. The van der Waals surface area contributed by atoms with E-state index in [9.17, 15) is 9.18 Å². The number of carbonyl (C=O) groups is 1. The molecule has 5 heteroatoms. The molecular weight excluding hydrogens is 235 g/mol. The number of methoxy groups -OCH3 is 1. The Balaban J connectivity index is 3.04. The van der Waals surface area contributed by atoms with Crippen LogP contribution >= 0.6 is 27.3 Å². The van der Waals surface area contributed by atoms with Crippen LogP contribution in [0.2, 0.25) is 0 Å². The molecule has 0 aliphatic rings. The first-order valence-electron chi connectivity index (χ1n) is 2.67. The summed E-state index contributed by atoms with van der Waals surface area (Å²) >= 11 is 3.95. The summed E-state index contributed by atoms with van der Waals surface area (Å²) < 4.78 is 17.5. The van der Waals surface area contributed by atoms with Crippen molar-refractivity contribution < 1.29 is 13.9 Å². The van der Waals surface area contributed by atoms with Crippen LogP contribution in [0.25, 0.3) is 0 Å². The first-order chi connectivity index (χ1) is 5.16. The summed E-state index contributed by atoms with van der Waals surface area (Å²) in [7, 11) is 1.22. The molecule has 2 nitrogen and oxygen atoms in total. The van der Waals surface area contributed by atoms with E-state index in [1.165, 1.54) is 12.5 Å². The number of hydrogen-bond donors (Lipinski definition) is 0. The molecule has 0 amide bonds. The molecule has 0 saturated heterocycles. The van der Waals surface area contributed by atoms with Crippen molar-refractivity contribution in [3.05, 3.63) is 20.5 Å². The molecule has 0 fully saturated rings. The average Bonchev–Trinajstić information content (AvgIpc) is 2.32. The summed E-state index contributed by atoms with van der Waals surface area (Å²) in [5, 5.41) is 1.50. The molecule has 0 radical (unpaired) electrons. The SMILES string of the molecule is COC(=O)c1scc(Br)c1F. The van der Waals surface area contributed by atoms with Crippen molar-refractivity contribution >= 4 is 33.2 Å². The van der Waals surface area contributed by atoms with Crippen LogP contribution in [0.1, 0.15) is 9.67 Å². The van der Waals surface area contributed by atoms with E-state index in [0.717, 1.165) is 11.3 Å². The van der Waals surface area contributed by atoms with Crippen LogP contribution in [0, 0.1) is 5.82 Å². The normalized spacial score (nSPS) is 9.73. The standard InChI is InChI=1S/C6H4BrFO2S/c1-10-6(9)5-4(8)3(7)2-11-5/h2H,1H3. The predicted octanol–water partition coefficient (Wildman–Crippen LogP) is 2.44. The minimum absolute atomic E-state index is 0.000579. The summed E-state index contributed by atoms with van der Waals surface area (Å²) in [4.78, 5) is 10.8. The number of carbonyl (C=O) groups excluding carboxylic acids is 1. The summed E-state index contributed by atoms with van der Waals surface area (Å²) in [5.74, 6) is -1.19. The maximum absolute atomic E-state index is 12.9. The lowest BCUT2D eigenvalue weighted by Crippen LogP contribution is -2.00. The third kappa shape index (κ3) is 1.59. The van der Waals surface area contributed by atoms with E-state index >= 15 is 0 Å². The Labute approximate surface area is 75.1 Å². The topological polar surface area (TPSA) is 26.3 Å². The molecule has 1 heterocycles. The van der Waals surface area contributed by atoms with E-state index in [1.54, 1.807) is 0 Å². The minimum atomic E-state index is -0.641. The summed E-state index contributed by atoms with van der Waals surface area (Å²) in [6, 6.07) is 0. The molecule has 0 N–H and O–H groups in total. The fraction of sp³-hybridized carbons (Fsp3) is 0.167. The molecule has 0 saturated carbocycles. The molecule has 0 aliphatic heterocycles. The van der Waals surface area contributed by atoms with E-state index < -0.39 is 11.8 Å². The molecule has 0 unspecified atom stereocenters. The molecular formula is C6H4BrFO2S. The van der Waals surface area contributed by atoms with Crippen molar-refractivity contribution in [3.63, 3.8) is 0 Å². The summed E-state index contributed by atoms with van der Waals surface area (Å²) in [6.07, 6.45) is 0. The van der Waals surface area contributed by atoms with Gasteiger partial charge in [0.15, 0.2) is 5.82 Å². The molecule has 1 aromatic rings. The van der Waals surface area contributed by atoms with Gasteiger partial charge in [0.05, 0.1) is 11.6 Å². The van der Waals surface area contributed by atoms with Gasteiger partial charge >= 0.3 is 5.97 Å². The Hall–Kier alpha value is -0.420. The van der Waals surface area contributed by atoms with Gasteiger partial charge in [-0.3, -0.25) is 0 Å². The van der Waals surface area contributed by atoms with Gasteiger partial charge in [0, 0.05) is 5.38 Å². The van der Waals surface area contributed by atoms with Gasteiger partial charge in [-0.25, -0.2) is 9.18 Å². The van der Waals surface area contributed by atoms with E-state index in [1.807, 2.05) is 0 Å². The predicted molar refractivity (Wildman–Crippen MR) is 43.3 cm³/mol. The number of thiophene rings is 1. The van der Waals surface area contributed by atoms with Crippen LogP contribution in [0.15, 0.2) is 9.85 Å². The highest BCUT2D eigenvalue weighted by Gasteiger charge is 2.16. The molecule has 60 valence electrons. The van der Waals surface area contributed by atoms with Gasteiger partial charge in [-0.1, -0.05) is 0 Å². The number of rotatable bonds is 1. The molecule has 0 aliphatic carbocycles. The van der Waals surface area contributed by atoms with Crippen molar-refractivity contribution in [1.82, 2.24) is 0 Å². The quantitative estimate of drug-likeness (QED) is 0.703. The number of esters is 1. The third-order valence-corrected chi connectivity index (χ3v) is 2.88. The zero-order valence-electron chi connectivity index (χ0n) is 5.56. The van der Waals surface area contributed by atoms with E-state index in [-0.39, 0.29) is 4.88 Å². The lowest BCUT2D eigenvalue weighted by atomic mass is 10.4. The molecule has 1 rings (SSSR count). The van der Waals surface area contributed by atoms with Crippen molar-refractivity contribution in [1.29, 1.82) is 0 Å². The smallest absolute Gasteiger partial charge is 0.351 e. The van der Waals surface area contributed by atoms with Gasteiger partial charge in [-0.15, -0.1) is 11.3 Å². The highest BCUT2D eigenvalue weighted by atomic mass is 79.9. The van der Waals surface area contributed by atoms with Crippen molar-refractivity contribution in [3.8, 4) is 0 Å². The molecule has 0 bridgehead atoms. The molecule has 0 aromatic carbocycles. The van der Waals surface area contributed by atoms with Gasteiger partial charge in [-0.05, 0) is 15.9 Å². The second-order valence-corrected chi connectivity index (χ2v) is 3.45. The van der Waals surface area contributed by atoms with Gasteiger partial charge in [0.1, 0.15) is 4.88 Å². The van der Waals surface area contributed by atoms with Gasteiger partial charge in [0.2, 0.25) is 0 Å². The molecule has 0 spiro atoms. The average molecular weight is 239 g/mol. The Kier molecular flexibility index (Phi) is 2.62. The second-order valence-electron chi connectivity index (χ2n) is 1.72. The largest absolute Gasteiger partial charge is 0.465 e. The van der Waals surface area contributed by atoms with E-state index in [4.69, 9.17) is 0 Å². The Bertz CT molecular complexity index is 284. The minimum Gasteiger partial charge on any atom is -0.465 e. The van der Waals surface area contributed by atoms with Crippen molar-refractivity contribution in [2.24, 2.45) is 0 Å². The summed E-state index contributed by atoms with van der Waals surface area (Å²) in [5.41, 5.74) is 0. The van der Waals surface area contributed by atoms with Crippen LogP contribution < -0.4 is 0 Å². The van der Waals surface area contributed by atoms with Crippen LogP contribution in [-0.4, -0.2) is 13.1 Å². The van der Waals surface area contributed by atoms with Crippen molar-refractivity contribution in [2.45, 2.75) is 0 Å². The highest BCUT2D eigenvalue weighted by Crippen LogP contribution is 2.25. The zero-order valence-corrected chi connectivity index (χ0v) is 7.96. The lowest BCUT2D eigenvalue weighted by Gasteiger charge is -1.92. The third-order valence-electron chi connectivity index (χ3n) is 1.06. The van der Waals surface area contributed by atoms with Crippen LogP contribution in [0.4, 0.5) is 4.39 Å². The van der Waals surface area contributed by atoms with E-state index in [2.05, 4.69) is 20.7 Å². The van der Waals surface area contributed by atoms with Crippen LogP contribution in [0.3, 0.4) is 0 Å². The van der Waals surface area contributed by atoms with Crippen molar-refractivity contribution in [2.75, 3.05) is 7.11 Å². The fourth-order valence-corrected chi connectivity index (χ4v) is 1.88. The summed E-state index contributed by atoms with van der Waals surface area (Å²) in [6.45, 7) is 0. The van der Waals surface area contributed by atoms with Crippen LogP contribution in [-0.2, 0) is 4.74 Å². The zero-order chi connectivity index (χ0) is 8.43. The number of hydrogen-bond acceptors (Lipinski definition) is 3. The lowest BCUT2D eigenvalue weighted by molar-refractivity contribution is 0.0601. The Morgan fingerprint density at radius 2 is 2.45 bits per heavy atom. The monoisotopic (exact) mass is 238 g/mol. The molecule has 1 aromatic heterocycles. The maximum atomic E-state index is 12.9. The first-order valence-corrected chi connectivity index (χ1v) is 4.35. The number of halogens is 2. The van der Waals surface area contributed by atoms with Gasteiger partial charge < -0.3 is 4.74 Å². The maximum Gasteiger partial charge on any atom is 0.351 e. The fourth-order valence-electron chi connectivity index (χ4n) is 0.553. The van der Waals surface area contributed by atoms with Gasteiger partial charge in [0.25, 0.3) is 0 Å². The van der Waals surface area contributed by atoms with Crippen LogP contribution in [0.5, 0.6) is 0 Å². The van der Waals surface area contributed by atoms with Gasteiger partial charge in [-0.2, -0.15) is 0 Å². The molecule has 0 atom stereocenters. The number of ether oxygens (including phenoxy) is 1. The van der Waals surface area contributed by atoms with E-state index in [0.29, 0.717) is 4.47 Å². The first kappa shape index (κ1) is 8.67.